The Morgan fingerprint density at radius 3 is 2.94 bits per heavy atom. The van der Waals surface area contributed by atoms with Crippen molar-refractivity contribution in [2.24, 2.45) is 0 Å². The second-order valence-corrected chi connectivity index (χ2v) is 4.26. The van der Waals surface area contributed by atoms with Crippen LogP contribution in [-0.2, 0) is 0 Å². The quantitative estimate of drug-likeness (QED) is 0.613. The van der Waals surface area contributed by atoms with Gasteiger partial charge in [-0.15, -0.1) is 0 Å². The van der Waals surface area contributed by atoms with Crippen molar-refractivity contribution in [1.29, 1.82) is 0 Å². The van der Waals surface area contributed by atoms with Gasteiger partial charge in [0.1, 0.15) is 5.69 Å². The Morgan fingerprint density at radius 1 is 1.56 bits per heavy atom. The minimum Gasteiger partial charge on any atom is -0.397 e. The molecule has 1 atom stereocenters. The zero-order valence-electron chi connectivity index (χ0n) is 10.2. The van der Waals surface area contributed by atoms with Crippen LogP contribution in [-0.4, -0.2) is 28.6 Å². The molecule has 0 radical (unpaired) electrons. The summed E-state index contributed by atoms with van der Waals surface area (Å²) in [6.45, 7) is 1.84. The Hall–Kier alpha value is -2.01. The number of anilines is 1. The Labute approximate surface area is 105 Å². The highest BCUT2D eigenvalue weighted by atomic mass is 16.3. The summed E-state index contributed by atoms with van der Waals surface area (Å²) >= 11 is 0. The van der Waals surface area contributed by atoms with Crippen LogP contribution >= 0.6 is 0 Å². The van der Waals surface area contributed by atoms with E-state index in [0.717, 1.165) is 10.9 Å². The van der Waals surface area contributed by atoms with Crippen LogP contribution in [0.25, 0.3) is 10.9 Å². The van der Waals surface area contributed by atoms with Gasteiger partial charge in [0.05, 0.1) is 23.9 Å². The first-order valence-corrected chi connectivity index (χ1v) is 5.94. The van der Waals surface area contributed by atoms with Crippen molar-refractivity contribution in [2.45, 2.75) is 19.4 Å². The fraction of sp³-hybridized carbons (Fsp3) is 0.308. The molecule has 96 valence electrons. The number of rotatable bonds is 4. The van der Waals surface area contributed by atoms with Gasteiger partial charge in [-0.3, -0.25) is 4.79 Å². The van der Waals surface area contributed by atoms with E-state index in [1.54, 1.807) is 12.1 Å². The number of aromatic amines is 1. The standard InChI is InChI=1S/C13H17N3O2/c1-2-9(7-17)15-13(18)11-6-8-4-3-5-10(14)12(8)16-11/h3-6,9,16-17H,2,7,14H2,1H3,(H,15,18)/t9-/m1/s1. The molecule has 1 aromatic carbocycles. The third kappa shape index (κ3) is 2.31. The molecule has 0 spiro atoms. The third-order valence-corrected chi connectivity index (χ3v) is 2.98. The van der Waals surface area contributed by atoms with Gasteiger partial charge in [-0.2, -0.15) is 0 Å². The highest BCUT2D eigenvalue weighted by molar-refractivity contribution is 6.00. The molecule has 2 rings (SSSR count). The van der Waals surface area contributed by atoms with Gasteiger partial charge >= 0.3 is 0 Å². The first-order chi connectivity index (χ1) is 8.65. The van der Waals surface area contributed by atoms with E-state index >= 15 is 0 Å². The lowest BCUT2D eigenvalue weighted by molar-refractivity contribution is 0.0911. The lowest BCUT2D eigenvalue weighted by Crippen LogP contribution is -2.37. The second-order valence-electron chi connectivity index (χ2n) is 4.26. The predicted molar refractivity (Wildman–Crippen MR) is 71.3 cm³/mol. The molecule has 0 saturated heterocycles. The number of nitrogen functional groups attached to an aromatic ring is 1. The Bertz CT molecular complexity index is 558. The number of nitrogens with one attached hydrogen (secondary N) is 2. The molecule has 1 amide bonds. The molecule has 1 heterocycles. The summed E-state index contributed by atoms with van der Waals surface area (Å²) in [6, 6.07) is 7.05. The molecular formula is C13H17N3O2. The van der Waals surface area contributed by atoms with Gasteiger partial charge in [0.2, 0.25) is 0 Å². The molecule has 5 N–H and O–H groups in total. The monoisotopic (exact) mass is 247 g/mol. The summed E-state index contributed by atoms with van der Waals surface area (Å²) in [4.78, 5) is 15.0. The smallest absolute Gasteiger partial charge is 0.268 e. The van der Waals surface area contributed by atoms with Crippen LogP contribution in [0.4, 0.5) is 5.69 Å². The van der Waals surface area contributed by atoms with Crippen LogP contribution in [0.5, 0.6) is 0 Å². The maximum absolute atomic E-state index is 12.0. The fourth-order valence-electron chi connectivity index (χ4n) is 1.84. The average Bonchev–Trinajstić information content (AvgIpc) is 2.81. The van der Waals surface area contributed by atoms with E-state index in [9.17, 15) is 4.79 Å². The lowest BCUT2D eigenvalue weighted by atomic mass is 10.2. The number of aliphatic hydroxyl groups excluding tert-OH is 1. The SMILES string of the molecule is CC[C@H](CO)NC(=O)c1cc2cccc(N)c2[nH]1. The molecule has 0 bridgehead atoms. The number of amides is 1. The first-order valence-electron chi connectivity index (χ1n) is 5.94. The minimum absolute atomic E-state index is 0.0649. The van der Waals surface area contributed by atoms with E-state index in [1.165, 1.54) is 0 Å². The number of hydrogen-bond donors (Lipinski definition) is 4. The van der Waals surface area contributed by atoms with Crippen molar-refractivity contribution < 1.29 is 9.90 Å². The summed E-state index contributed by atoms with van der Waals surface area (Å²) in [5.41, 5.74) is 7.65. The van der Waals surface area contributed by atoms with Gasteiger partial charge in [-0.1, -0.05) is 19.1 Å². The summed E-state index contributed by atoms with van der Waals surface area (Å²) in [7, 11) is 0. The number of benzene rings is 1. The molecule has 0 unspecified atom stereocenters. The minimum atomic E-state index is -0.230. The van der Waals surface area contributed by atoms with E-state index in [1.807, 2.05) is 19.1 Å². The zero-order chi connectivity index (χ0) is 13.1. The predicted octanol–water partition coefficient (Wildman–Crippen LogP) is 1.25. The Morgan fingerprint density at radius 2 is 2.33 bits per heavy atom. The summed E-state index contributed by atoms with van der Waals surface area (Å²) in [5, 5.41) is 12.7. The highest BCUT2D eigenvalue weighted by Crippen LogP contribution is 2.21. The first kappa shape index (κ1) is 12.4. The number of fused-ring (bicyclic) bond motifs is 1. The topological polar surface area (TPSA) is 91.1 Å². The van der Waals surface area contributed by atoms with Crippen LogP contribution in [0.2, 0.25) is 0 Å². The van der Waals surface area contributed by atoms with Crippen molar-refractivity contribution in [2.75, 3.05) is 12.3 Å². The number of carbonyl (C=O) groups excluding carboxylic acids is 1. The molecule has 5 heteroatoms. The maximum Gasteiger partial charge on any atom is 0.268 e. The number of para-hydroxylation sites is 1. The van der Waals surface area contributed by atoms with Crippen molar-refractivity contribution in [1.82, 2.24) is 10.3 Å². The van der Waals surface area contributed by atoms with Crippen LogP contribution in [0.1, 0.15) is 23.8 Å². The van der Waals surface area contributed by atoms with Gasteiger partial charge in [0.25, 0.3) is 5.91 Å². The largest absolute Gasteiger partial charge is 0.397 e. The van der Waals surface area contributed by atoms with Crippen molar-refractivity contribution in [3.63, 3.8) is 0 Å². The number of aromatic nitrogens is 1. The van der Waals surface area contributed by atoms with Crippen molar-refractivity contribution in [3.05, 3.63) is 30.0 Å². The van der Waals surface area contributed by atoms with E-state index in [2.05, 4.69) is 10.3 Å². The molecule has 18 heavy (non-hydrogen) atoms. The number of H-pyrrole nitrogens is 1. The molecular weight excluding hydrogens is 230 g/mol. The fourth-order valence-corrected chi connectivity index (χ4v) is 1.84. The van der Waals surface area contributed by atoms with E-state index in [4.69, 9.17) is 10.8 Å². The molecule has 0 aliphatic rings. The molecule has 0 fully saturated rings. The van der Waals surface area contributed by atoms with E-state index < -0.39 is 0 Å². The van der Waals surface area contributed by atoms with Gasteiger partial charge in [0.15, 0.2) is 0 Å². The van der Waals surface area contributed by atoms with Gasteiger partial charge < -0.3 is 21.1 Å². The van der Waals surface area contributed by atoms with Crippen molar-refractivity contribution in [3.8, 4) is 0 Å². The summed E-state index contributed by atoms with van der Waals surface area (Å²) in [6.07, 6.45) is 0.685. The number of aliphatic hydroxyl groups is 1. The van der Waals surface area contributed by atoms with Gasteiger partial charge in [-0.25, -0.2) is 0 Å². The maximum atomic E-state index is 12.0. The van der Waals surface area contributed by atoms with Crippen molar-refractivity contribution >= 4 is 22.5 Å². The average molecular weight is 247 g/mol. The highest BCUT2D eigenvalue weighted by Gasteiger charge is 2.14. The van der Waals surface area contributed by atoms with Gasteiger partial charge in [0, 0.05) is 5.39 Å². The molecule has 0 aliphatic heterocycles. The molecule has 2 aromatic rings. The van der Waals surface area contributed by atoms with Crippen LogP contribution in [0, 0.1) is 0 Å². The number of hydrogen-bond acceptors (Lipinski definition) is 3. The Balaban J connectivity index is 2.26. The molecule has 5 nitrogen and oxygen atoms in total. The third-order valence-electron chi connectivity index (χ3n) is 2.98. The molecule has 0 saturated carbocycles. The summed E-state index contributed by atoms with van der Waals surface area (Å²) in [5.74, 6) is -0.230. The van der Waals surface area contributed by atoms with E-state index in [0.29, 0.717) is 17.8 Å². The summed E-state index contributed by atoms with van der Waals surface area (Å²) < 4.78 is 0. The normalized spacial score (nSPS) is 12.6. The number of nitrogens with two attached hydrogens (primary N) is 1. The lowest BCUT2D eigenvalue weighted by Gasteiger charge is -2.12. The molecule has 1 aromatic heterocycles. The number of carbonyl (C=O) groups is 1. The second kappa shape index (κ2) is 5.10. The Kier molecular flexibility index (Phi) is 3.53. The molecule has 0 aliphatic carbocycles. The van der Waals surface area contributed by atoms with Crippen LogP contribution in [0.3, 0.4) is 0 Å². The van der Waals surface area contributed by atoms with Crippen LogP contribution in [0.15, 0.2) is 24.3 Å². The van der Waals surface area contributed by atoms with Gasteiger partial charge in [-0.05, 0) is 18.6 Å². The van der Waals surface area contributed by atoms with E-state index in [-0.39, 0.29) is 18.6 Å². The van der Waals surface area contributed by atoms with Crippen LogP contribution < -0.4 is 11.1 Å². The zero-order valence-corrected chi connectivity index (χ0v) is 10.2.